The zero-order chi connectivity index (χ0) is 21.1. The molecule has 0 unspecified atom stereocenters. The lowest BCUT2D eigenvalue weighted by Crippen LogP contribution is -2.29. The first-order valence-electron chi connectivity index (χ1n) is 9.76. The summed E-state index contributed by atoms with van der Waals surface area (Å²) in [6.07, 6.45) is 0.796. The van der Waals surface area contributed by atoms with Crippen molar-refractivity contribution in [3.05, 3.63) is 70.4 Å². The molecule has 0 spiro atoms. The van der Waals surface area contributed by atoms with Gasteiger partial charge in [0.2, 0.25) is 0 Å². The highest BCUT2D eigenvalue weighted by atomic mass is 16.2. The molecule has 0 atom stereocenters. The van der Waals surface area contributed by atoms with E-state index in [2.05, 4.69) is 25.7 Å². The lowest BCUT2D eigenvalue weighted by atomic mass is 9.98. The van der Waals surface area contributed by atoms with E-state index in [1.165, 1.54) is 0 Å². The highest BCUT2D eigenvalue weighted by Gasteiger charge is 2.16. The minimum atomic E-state index is -0.397. The maximum atomic E-state index is 12.6. The average molecular weight is 403 g/mol. The van der Waals surface area contributed by atoms with Crippen molar-refractivity contribution < 1.29 is 4.79 Å². The zero-order valence-corrected chi connectivity index (χ0v) is 16.7. The Morgan fingerprint density at radius 3 is 2.40 bits per heavy atom. The minimum Gasteiger partial charge on any atom is -0.274 e. The highest BCUT2D eigenvalue weighted by molar-refractivity contribution is 5.80. The van der Waals surface area contributed by atoms with E-state index < -0.39 is 5.69 Å². The van der Waals surface area contributed by atoms with Gasteiger partial charge in [-0.25, -0.2) is 9.89 Å². The fourth-order valence-electron chi connectivity index (χ4n) is 3.36. The predicted octanol–water partition coefficient (Wildman–Crippen LogP) is 2.55. The van der Waals surface area contributed by atoms with Crippen LogP contribution in [0.3, 0.4) is 0 Å². The van der Waals surface area contributed by atoms with Crippen LogP contribution in [0.5, 0.6) is 0 Å². The van der Waals surface area contributed by atoms with Crippen LogP contribution in [-0.2, 0) is 13.0 Å². The van der Waals surface area contributed by atoms with Gasteiger partial charge in [0.15, 0.2) is 5.82 Å². The van der Waals surface area contributed by atoms with Crippen molar-refractivity contribution in [1.29, 1.82) is 0 Å². The molecule has 30 heavy (non-hydrogen) atoms. The Kier molecular flexibility index (Phi) is 5.34. The molecule has 2 aromatic heterocycles. The normalized spacial score (nSPS) is 11.0. The molecule has 1 N–H and O–H groups in total. The van der Waals surface area contributed by atoms with Crippen LogP contribution in [0.1, 0.15) is 36.5 Å². The summed E-state index contributed by atoms with van der Waals surface area (Å²) in [7, 11) is 0. The Balaban J connectivity index is 1.65. The molecular weight excluding hydrogens is 382 g/mol. The Labute approximate surface area is 172 Å². The quantitative estimate of drug-likeness (QED) is 0.530. The third-order valence-corrected chi connectivity index (χ3v) is 4.93. The van der Waals surface area contributed by atoms with Gasteiger partial charge in [0, 0.05) is 18.4 Å². The summed E-state index contributed by atoms with van der Waals surface area (Å²) in [6, 6.07) is 15.8. The van der Waals surface area contributed by atoms with Crippen LogP contribution in [0.2, 0.25) is 0 Å². The van der Waals surface area contributed by atoms with Crippen LogP contribution >= 0.6 is 0 Å². The van der Waals surface area contributed by atoms with Gasteiger partial charge in [0.25, 0.3) is 5.91 Å². The number of aryl methyl sites for hydroxylation is 1. The molecule has 4 aromatic rings. The van der Waals surface area contributed by atoms with Gasteiger partial charge >= 0.3 is 5.69 Å². The van der Waals surface area contributed by atoms with Crippen LogP contribution in [-0.4, -0.2) is 40.9 Å². The van der Waals surface area contributed by atoms with Gasteiger partial charge in [-0.1, -0.05) is 62.4 Å². The molecule has 0 saturated carbocycles. The topological polar surface area (TPSA) is 111 Å². The zero-order valence-electron chi connectivity index (χ0n) is 16.7. The third-order valence-electron chi connectivity index (χ3n) is 4.93. The first-order valence-corrected chi connectivity index (χ1v) is 9.76. The van der Waals surface area contributed by atoms with Crippen molar-refractivity contribution in [2.24, 2.45) is 0 Å². The van der Waals surface area contributed by atoms with Gasteiger partial charge in [-0.15, -0.1) is 14.9 Å². The van der Waals surface area contributed by atoms with E-state index in [1.807, 2.05) is 55.5 Å². The molecule has 2 aromatic carbocycles. The number of hydrogen-bond acceptors (Lipinski definition) is 6. The SMILES string of the molecule is CCC(=O)n1nc(CC)n(Cc2ccc(-c3ccccc3-c3nnn[nH]3)cc2)c1=O. The molecule has 4 rings (SSSR count). The van der Waals surface area contributed by atoms with E-state index >= 15 is 0 Å². The number of tetrazole rings is 1. The molecule has 9 heteroatoms. The van der Waals surface area contributed by atoms with E-state index in [9.17, 15) is 9.59 Å². The summed E-state index contributed by atoms with van der Waals surface area (Å²) in [5.74, 6) is 0.887. The van der Waals surface area contributed by atoms with Crippen LogP contribution in [0, 0.1) is 0 Å². The summed E-state index contributed by atoms with van der Waals surface area (Å²) in [6.45, 7) is 3.98. The number of carbonyl (C=O) groups is 1. The van der Waals surface area contributed by atoms with Crippen molar-refractivity contribution in [2.45, 2.75) is 33.2 Å². The lowest BCUT2D eigenvalue weighted by molar-refractivity contribution is 0.0887. The number of aromatic nitrogens is 7. The minimum absolute atomic E-state index is 0.231. The molecule has 0 saturated heterocycles. The Morgan fingerprint density at radius 2 is 1.77 bits per heavy atom. The molecule has 0 aliphatic rings. The molecule has 0 radical (unpaired) electrons. The predicted molar refractivity (Wildman–Crippen MR) is 111 cm³/mol. The monoisotopic (exact) mass is 403 g/mol. The molecule has 9 nitrogen and oxygen atoms in total. The second kappa shape index (κ2) is 8.24. The van der Waals surface area contributed by atoms with E-state index in [0.29, 0.717) is 24.6 Å². The second-order valence-corrected chi connectivity index (χ2v) is 6.79. The Hall–Kier alpha value is -3.88. The number of nitrogens with zero attached hydrogens (tertiary/aromatic N) is 6. The fraction of sp³-hybridized carbons (Fsp3) is 0.238. The Morgan fingerprint density at radius 1 is 1.03 bits per heavy atom. The van der Waals surface area contributed by atoms with Gasteiger partial charge in [0.05, 0.1) is 6.54 Å². The maximum absolute atomic E-state index is 12.6. The first-order chi connectivity index (χ1) is 14.6. The van der Waals surface area contributed by atoms with E-state index in [4.69, 9.17) is 0 Å². The summed E-state index contributed by atoms with van der Waals surface area (Å²) in [4.78, 5) is 24.6. The number of hydrogen-bond donors (Lipinski definition) is 1. The molecular formula is C21H21N7O2. The molecule has 0 aliphatic carbocycles. The molecule has 0 amide bonds. The number of benzene rings is 2. The molecule has 2 heterocycles. The summed E-state index contributed by atoms with van der Waals surface area (Å²) >= 11 is 0. The average Bonchev–Trinajstić information content (AvgIpc) is 3.43. The van der Waals surface area contributed by atoms with Gasteiger partial charge in [0.1, 0.15) is 5.82 Å². The first kappa shape index (κ1) is 19.4. The van der Waals surface area contributed by atoms with Crippen molar-refractivity contribution in [3.8, 4) is 22.5 Å². The molecule has 0 fully saturated rings. The van der Waals surface area contributed by atoms with Crippen molar-refractivity contribution in [2.75, 3.05) is 0 Å². The lowest BCUT2D eigenvalue weighted by Gasteiger charge is -2.09. The maximum Gasteiger partial charge on any atom is 0.353 e. The van der Waals surface area contributed by atoms with Crippen molar-refractivity contribution >= 4 is 5.91 Å². The van der Waals surface area contributed by atoms with Gasteiger partial charge in [-0.2, -0.15) is 0 Å². The second-order valence-electron chi connectivity index (χ2n) is 6.79. The van der Waals surface area contributed by atoms with Gasteiger partial charge < -0.3 is 0 Å². The Bertz CT molecular complexity index is 1220. The largest absolute Gasteiger partial charge is 0.353 e. The van der Waals surface area contributed by atoms with E-state index in [1.54, 1.807) is 11.5 Å². The van der Waals surface area contributed by atoms with Gasteiger partial charge in [-0.3, -0.25) is 9.36 Å². The summed E-state index contributed by atoms with van der Waals surface area (Å²) < 4.78 is 2.52. The highest BCUT2D eigenvalue weighted by Crippen LogP contribution is 2.29. The van der Waals surface area contributed by atoms with Crippen LogP contribution in [0.4, 0.5) is 0 Å². The number of nitrogens with one attached hydrogen (secondary N) is 1. The number of H-pyrrole nitrogens is 1. The molecule has 0 bridgehead atoms. The fourth-order valence-corrected chi connectivity index (χ4v) is 3.36. The number of aromatic amines is 1. The summed E-state index contributed by atoms with van der Waals surface area (Å²) in [5, 5.41) is 18.3. The number of carbonyl (C=O) groups excluding carboxylic acids is 1. The van der Waals surface area contributed by atoms with E-state index in [-0.39, 0.29) is 12.3 Å². The third kappa shape index (κ3) is 3.57. The molecule has 152 valence electrons. The smallest absolute Gasteiger partial charge is 0.274 e. The van der Waals surface area contributed by atoms with Gasteiger partial charge in [-0.05, 0) is 27.1 Å². The molecule has 0 aliphatic heterocycles. The standard InChI is InChI=1S/C21H21N7O2/c1-3-18-24-28(19(29)4-2)21(30)27(18)13-14-9-11-15(12-10-14)16-7-5-6-8-17(16)20-22-25-26-23-20/h5-12H,3-4,13H2,1-2H3,(H,22,23,25,26). The van der Waals surface area contributed by atoms with Crippen LogP contribution < -0.4 is 5.69 Å². The van der Waals surface area contributed by atoms with Crippen LogP contribution in [0.25, 0.3) is 22.5 Å². The number of rotatable bonds is 6. The van der Waals surface area contributed by atoms with Crippen molar-refractivity contribution in [1.82, 2.24) is 35.0 Å². The van der Waals surface area contributed by atoms with Crippen molar-refractivity contribution in [3.63, 3.8) is 0 Å². The summed E-state index contributed by atoms with van der Waals surface area (Å²) in [5.41, 5.74) is 3.45. The van der Waals surface area contributed by atoms with E-state index in [0.717, 1.165) is 26.9 Å². The van der Waals surface area contributed by atoms with Crippen LogP contribution in [0.15, 0.2) is 53.3 Å².